The smallest absolute Gasteiger partial charge is 0.320 e. The van der Waals surface area contributed by atoms with E-state index >= 15 is 0 Å². The molecule has 0 bridgehead atoms. The summed E-state index contributed by atoms with van der Waals surface area (Å²) in [5, 5.41) is 2.81. The first-order chi connectivity index (χ1) is 9.16. The summed E-state index contributed by atoms with van der Waals surface area (Å²) in [6, 6.07) is 3.69. The van der Waals surface area contributed by atoms with Gasteiger partial charge in [0.15, 0.2) is 0 Å². The lowest BCUT2D eigenvalue weighted by Crippen LogP contribution is -2.39. The Hall–Kier alpha value is -1.98. The fourth-order valence-corrected chi connectivity index (χ4v) is 2.02. The number of amides is 3. The summed E-state index contributed by atoms with van der Waals surface area (Å²) in [5.74, 6) is 0.814. The van der Waals surface area contributed by atoms with Gasteiger partial charge in [0.2, 0.25) is 5.91 Å². The van der Waals surface area contributed by atoms with Crippen LogP contribution in [0.15, 0.2) is 22.8 Å². The van der Waals surface area contributed by atoms with Crippen molar-refractivity contribution in [3.05, 3.63) is 24.2 Å². The molecule has 19 heavy (non-hydrogen) atoms. The van der Waals surface area contributed by atoms with Gasteiger partial charge in [-0.25, -0.2) is 4.79 Å². The van der Waals surface area contributed by atoms with Gasteiger partial charge in [0.1, 0.15) is 12.3 Å². The van der Waals surface area contributed by atoms with Crippen molar-refractivity contribution in [2.45, 2.75) is 12.8 Å². The van der Waals surface area contributed by atoms with Gasteiger partial charge in [-0.05, 0) is 18.6 Å². The molecule has 1 N–H and O–H groups in total. The summed E-state index contributed by atoms with van der Waals surface area (Å²) >= 11 is 0. The van der Waals surface area contributed by atoms with Gasteiger partial charge in [0, 0.05) is 33.1 Å². The summed E-state index contributed by atoms with van der Waals surface area (Å²) in [7, 11) is 1.74. The van der Waals surface area contributed by atoms with Crippen molar-refractivity contribution in [1.82, 2.24) is 15.1 Å². The van der Waals surface area contributed by atoms with E-state index < -0.39 is 0 Å². The maximum Gasteiger partial charge on any atom is 0.320 e. The van der Waals surface area contributed by atoms with Crippen molar-refractivity contribution < 1.29 is 14.0 Å². The Morgan fingerprint density at radius 3 is 2.95 bits per heavy atom. The van der Waals surface area contributed by atoms with E-state index in [1.165, 1.54) is 0 Å². The molecule has 0 aromatic carbocycles. The van der Waals surface area contributed by atoms with Crippen LogP contribution in [0.1, 0.15) is 12.2 Å². The van der Waals surface area contributed by atoms with E-state index in [0.717, 1.165) is 18.6 Å². The summed E-state index contributed by atoms with van der Waals surface area (Å²) in [5.41, 5.74) is 0. The molecule has 0 atom stereocenters. The van der Waals surface area contributed by atoms with Crippen molar-refractivity contribution in [2.24, 2.45) is 0 Å². The zero-order valence-corrected chi connectivity index (χ0v) is 11.1. The highest BCUT2D eigenvalue weighted by Crippen LogP contribution is 2.05. The second-order valence-electron chi connectivity index (χ2n) is 4.66. The summed E-state index contributed by atoms with van der Waals surface area (Å²) in [6.07, 6.45) is 3.27. The van der Waals surface area contributed by atoms with E-state index in [-0.39, 0.29) is 18.5 Å². The predicted octanol–water partition coefficient (Wildman–Crippen LogP) is 0.696. The second kappa shape index (κ2) is 6.26. The molecule has 2 heterocycles. The Kier molecular flexibility index (Phi) is 4.43. The summed E-state index contributed by atoms with van der Waals surface area (Å²) in [6.45, 7) is 2.04. The van der Waals surface area contributed by atoms with Crippen LogP contribution in [0.5, 0.6) is 0 Å². The third-order valence-corrected chi connectivity index (χ3v) is 3.14. The largest absolute Gasteiger partial charge is 0.469 e. The van der Waals surface area contributed by atoms with Crippen LogP contribution in [0, 0.1) is 0 Å². The van der Waals surface area contributed by atoms with Gasteiger partial charge in [-0.1, -0.05) is 0 Å². The maximum absolute atomic E-state index is 11.7. The normalized spacial score (nSPS) is 15.1. The van der Waals surface area contributed by atoms with Gasteiger partial charge in [-0.2, -0.15) is 0 Å². The quantitative estimate of drug-likeness (QED) is 0.770. The monoisotopic (exact) mass is 265 g/mol. The number of carbonyl (C=O) groups excluding carboxylic acids is 2. The Morgan fingerprint density at radius 2 is 2.32 bits per heavy atom. The lowest BCUT2D eigenvalue weighted by molar-refractivity contribution is -0.121. The average Bonchev–Trinajstić information content (AvgIpc) is 3.00. The van der Waals surface area contributed by atoms with Crippen molar-refractivity contribution >= 4 is 11.9 Å². The van der Waals surface area contributed by atoms with Crippen molar-refractivity contribution in [3.8, 4) is 0 Å². The Morgan fingerprint density at radius 1 is 1.47 bits per heavy atom. The fraction of sp³-hybridized carbons (Fsp3) is 0.538. The van der Waals surface area contributed by atoms with Gasteiger partial charge in [-0.15, -0.1) is 0 Å². The minimum absolute atomic E-state index is 0.0780. The molecule has 1 aliphatic rings. The highest BCUT2D eigenvalue weighted by atomic mass is 16.3. The fourth-order valence-electron chi connectivity index (χ4n) is 2.02. The van der Waals surface area contributed by atoms with Gasteiger partial charge in [0.25, 0.3) is 0 Å². The number of likely N-dealkylation sites (N-methyl/N-ethyl adjacent to an activating group) is 1. The number of nitrogens with zero attached hydrogens (tertiary/aromatic N) is 2. The molecule has 6 heteroatoms. The van der Waals surface area contributed by atoms with Crippen molar-refractivity contribution in [1.29, 1.82) is 0 Å². The van der Waals surface area contributed by atoms with Crippen LogP contribution >= 0.6 is 0 Å². The molecule has 0 spiro atoms. The molecule has 0 aliphatic carbocycles. The van der Waals surface area contributed by atoms with Gasteiger partial charge < -0.3 is 19.5 Å². The highest BCUT2D eigenvalue weighted by Gasteiger charge is 2.26. The van der Waals surface area contributed by atoms with E-state index in [4.69, 9.17) is 4.42 Å². The molecule has 0 saturated carbocycles. The van der Waals surface area contributed by atoms with E-state index in [0.29, 0.717) is 19.6 Å². The zero-order valence-electron chi connectivity index (χ0n) is 11.1. The molecule has 0 radical (unpaired) electrons. The maximum atomic E-state index is 11.7. The SMILES string of the molecule is CN1CCN(CC(=O)NCCCc2ccco2)C1=O. The van der Waals surface area contributed by atoms with Crippen LogP contribution < -0.4 is 5.32 Å². The highest BCUT2D eigenvalue weighted by molar-refractivity contribution is 5.84. The molecular formula is C13H19N3O3. The number of rotatable bonds is 6. The lowest BCUT2D eigenvalue weighted by Gasteiger charge is -2.15. The van der Waals surface area contributed by atoms with E-state index in [1.807, 2.05) is 12.1 Å². The standard InChI is InChI=1S/C13H19N3O3/c1-15-7-8-16(13(15)18)10-12(17)14-6-2-4-11-5-3-9-19-11/h3,5,9H,2,4,6-8,10H2,1H3,(H,14,17). The Labute approximate surface area is 112 Å². The van der Waals surface area contributed by atoms with Crippen molar-refractivity contribution in [2.75, 3.05) is 33.2 Å². The molecule has 1 aliphatic heterocycles. The number of aryl methyl sites for hydroxylation is 1. The van der Waals surface area contributed by atoms with Gasteiger partial charge in [0.05, 0.1) is 6.26 Å². The second-order valence-corrected chi connectivity index (χ2v) is 4.66. The average molecular weight is 265 g/mol. The first-order valence-corrected chi connectivity index (χ1v) is 6.46. The van der Waals surface area contributed by atoms with Crippen LogP contribution in [0.2, 0.25) is 0 Å². The van der Waals surface area contributed by atoms with Crippen molar-refractivity contribution in [3.63, 3.8) is 0 Å². The van der Waals surface area contributed by atoms with Crippen LogP contribution in [0.4, 0.5) is 4.79 Å². The van der Waals surface area contributed by atoms with E-state index in [2.05, 4.69) is 5.32 Å². The summed E-state index contributed by atoms with van der Waals surface area (Å²) < 4.78 is 5.20. The molecule has 6 nitrogen and oxygen atoms in total. The number of furan rings is 1. The zero-order chi connectivity index (χ0) is 13.7. The van der Waals surface area contributed by atoms with Crippen LogP contribution in [-0.4, -0.2) is 55.0 Å². The number of hydrogen-bond donors (Lipinski definition) is 1. The van der Waals surface area contributed by atoms with E-state index in [9.17, 15) is 9.59 Å². The lowest BCUT2D eigenvalue weighted by atomic mass is 10.2. The van der Waals surface area contributed by atoms with Gasteiger partial charge >= 0.3 is 6.03 Å². The third-order valence-electron chi connectivity index (χ3n) is 3.14. The first kappa shape index (κ1) is 13.5. The van der Waals surface area contributed by atoms with Crippen LogP contribution in [0.25, 0.3) is 0 Å². The molecule has 1 saturated heterocycles. The number of urea groups is 1. The minimum Gasteiger partial charge on any atom is -0.469 e. The molecule has 1 fully saturated rings. The Bertz CT molecular complexity index is 430. The molecular weight excluding hydrogens is 246 g/mol. The number of carbonyl (C=O) groups is 2. The van der Waals surface area contributed by atoms with Crippen LogP contribution in [-0.2, 0) is 11.2 Å². The third kappa shape index (κ3) is 3.74. The Balaban J connectivity index is 1.61. The molecule has 2 rings (SSSR count). The predicted molar refractivity (Wildman–Crippen MR) is 69.6 cm³/mol. The molecule has 0 unspecified atom stereocenters. The number of nitrogens with one attached hydrogen (secondary N) is 1. The van der Waals surface area contributed by atoms with Crippen LogP contribution in [0.3, 0.4) is 0 Å². The minimum atomic E-state index is -0.108. The topological polar surface area (TPSA) is 65.8 Å². The summed E-state index contributed by atoms with van der Waals surface area (Å²) in [4.78, 5) is 26.4. The molecule has 1 aromatic heterocycles. The van der Waals surface area contributed by atoms with E-state index in [1.54, 1.807) is 23.1 Å². The molecule has 1 aromatic rings. The molecule has 104 valence electrons. The van der Waals surface area contributed by atoms with Gasteiger partial charge in [-0.3, -0.25) is 4.79 Å². The number of hydrogen-bond acceptors (Lipinski definition) is 3. The molecule has 3 amide bonds. The first-order valence-electron chi connectivity index (χ1n) is 6.46.